The van der Waals surface area contributed by atoms with Gasteiger partial charge in [-0.2, -0.15) is 13.2 Å². The van der Waals surface area contributed by atoms with E-state index in [0.29, 0.717) is 47.0 Å². The fourth-order valence-electron chi connectivity index (χ4n) is 7.90. The molecule has 9 heteroatoms. The van der Waals surface area contributed by atoms with Gasteiger partial charge in [0.25, 0.3) is 0 Å². The van der Waals surface area contributed by atoms with Crippen molar-refractivity contribution in [3.8, 4) is 28.4 Å². The zero-order valence-electron chi connectivity index (χ0n) is 28.1. The van der Waals surface area contributed by atoms with E-state index in [0.717, 1.165) is 58.0 Å². The van der Waals surface area contributed by atoms with Gasteiger partial charge < -0.3 is 23.8 Å². The van der Waals surface area contributed by atoms with Crippen LogP contribution >= 0.6 is 0 Å². The predicted molar refractivity (Wildman–Crippen MR) is 186 cm³/mol. The largest absolute Gasteiger partial charge is 0.493 e. The van der Waals surface area contributed by atoms with Crippen LogP contribution in [0.1, 0.15) is 47.2 Å². The smallest absolute Gasteiger partial charge is 0.416 e. The SMILES string of the molecule is COc1cc2c3c(c4c(c2cc1OC)-c1ccc(C(F)(F)F)cc1C4(C)C)C=CC(c1ccc(F)cc1)(c1ccc(N2CCOCC2)cc1)O3. The third-order valence-electron chi connectivity index (χ3n) is 10.4. The lowest BCUT2D eigenvalue weighted by atomic mass is 9.76. The summed E-state index contributed by atoms with van der Waals surface area (Å²) in [6, 6.07) is 22.2. The van der Waals surface area contributed by atoms with E-state index in [-0.39, 0.29) is 5.82 Å². The highest BCUT2D eigenvalue weighted by Crippen LogP contribution is 2.59. The number of nitrogens with zero attached hydrogens (tertiary/aromatic N) is 1. The molecule has 8 rings (SSSR count). The summed E-state index contributed by atoms with van der Waals surface area (Å²) in [4.78, 5) is 2.27. The van der Waals surface area contributed by atoms with Crippen molar-refractivity contribution >= 4 is 22.5 Å². The third kappa shape index (κ3) is 4.85. The van der Waals surface area contributed by atoms with Crippen molar-refractivity contribution in [2.45, 2.75) is 31.0 Å². The molecule has 5 nitrogen and oxygen atoms in total. The van der Waals surface area contributed by atoms with Crippen LogP contribution in [0, 0.1) is 5.82 Å². The zero-order valence-corrected chi connectivity index (χ0v) is 28.1. The summed E-state index contributed by atoms with van der Waals surface area (Å²) in [5.74, 6) is 1.13. The molecule has 0 spiro atoms. The monoisotopic (exact) mass is 681 g/mol. The molecule has 2 heterocycles. The molecule has 2 aliphatic heterocycles. The molecular formula is C41H35F4NO4. The number of hydrogen-bond donors (Lipinski definition) is 0. The van der Waals surface area contributed by atoms with E-state index in [4.69, 9.17) is 18.9 Å². The van der Waals surface area contributed by atoms with Crippen LogP contribution in [-0.4, -0.2) is 40.5 Å². The van der Waals surface area contributed by atoms with Gasteiger partial charge in [-0.15, -0.1) is 0 Å². The Bertz CT molecular complexity index is 2170. The van der Waals surface area contributed by atoms with E-state index in [1.165, 1.54) is 18.2 Å². The highest BCUT2D eigenvalue weighted by Gasteiger charge is 2.45. The lowest BCUT2D eigenvalue weighted by Gasteiger charge is -2.39. The van der Waals surface area contributed by atoms with E-state index in [1.807, 2.05) is 50.3 Å². The fraction of sp³-hybridized carbons (Fsp3) is 0.268. The minimum atomic E-state index is -4.49. The Balaban J connectivity index is 1.39. The molecule has 1 fully saturated rings. The van der Waals surface area contributed by atoms with Gasteiger partial charge >= 0.3 is 6.18 Å². The number of fused-ring (bicyclic) bond motifs is 8. The van der Waals surface area contributed by atoms with Gasteiger partial charge in [-0.3, -0.25) is 0 Å². The number of hydrogen-bond acceptors (Lipinski definition) is 5. The standard InChI is InChI=1S/C41H35F4NO4/c1-39(2)33-21-26(41(43,44)45)9-14-29(33)36-31-22-34(47-3)35(48-4)23-32(31)38-30(37(36)39)15-16-40(50-38,24-5-10-27(42)11-6-24)25-7-12-28(13-8-25)46-17-19-49-20-18-46/h5-16,21-23H,17-20H2,1-4H3. The quantitative estimate of drug-likeness (QED) is 0.173. The van der Waals surface area contributed by atoms with Gasteiger partial charge in [0, 0.05) is 46.3 Å². The lowest BCUT2D eigenvalue weighted by Crippen LogP contribution is -2.37. The maximum Gasteiger partial charge on any atom is 0.416 e. The first-order chi connectivity index (χ1) is 24.0. The molecule has 256 valence electrons. The Labute approximate surface area is 287 Å². The van der Waals surface area contributed by atoms with Crippen molar-refractivity contribution < 1.29 is 36.5 Å². The molecule has 1 saturated heterocycles. The van der Waals surface area contributed by atoms with Crippen LogP contribution in [0.2, 0.25) is 0 Å². The number of alkyl halides is 3. The van der Waals surface area contributed by atoms with Gasteiger partial charge in [-0.1, -0.05) is 50.3 Å². The Morgan fingerprint density at radius 2 is 1.40 bits per heavy atom. The van der Waals surface area contributed by atoms with Gasteiger partial charge in [-0.05, 0) is 82.2 Å². The molecule has 5 aromatic carbocycles. The van der Waals surface area contributed by atoms with Crippen molar-refractivity contribution in [2.75, 3.05) is 45.4 Å². The van der Waals surface area contributed by atoms with Gasteiger partial charge in [0.1, 0.15) is 11.6 Å². The zero-order chi connectivity index (χ0) is 35.0. The van der Waals surface area contributed by atoms with E-state index >= 15 is 0 Å². The van der Waals surface area contributed by atoms with Gasteiger partial charge in [0.05, 0.1) is 33.0 Å². The number of halogens is 4. The van der Waals surface area contributed by atoms with E-state index in [2.05, 4.69) is 17.0 Å². The Kier molecular flexibility index (Phi) is 7.42. The van der Waals surface area contributed by atoms with E-state index in [1.54, 1.807) is 32.4 Å². The molecule has 50 heavy (non-hydrogen) atoms. The Hall–Kier alpha value is -5.02. The second-order valence-electron chi connectivity index (χ2n) is 13.5. The van der Waals surface area contributed by atoms with Crippen LogP contribution in [-0.2, 0) is 21.9 Å². The molecule has 5 aromatic rings. The van der Waals surface area contributed by atoms with Crippen molar-refractivity contribution in [3.63, 3.8) is 0 Å². The summed E-state index contributed by atoms with van der Waals surface area (Å²) >= 11 is 0. The van der Waals surface area contributed by atoms with Crippen molar-refractivity contribution in [1.29, 1.82) is 0 Å². The maximum absolute atomic E-state index is 14.3. The van der Waals surface area contributed by atoms with Crippen molar-refractivity contribution in [1.82, 2.24) is 0 Å². The number of benzene rings is 5. The minimum absolute atomic E-state index is 0.371. The summed E-state index contributed by atoms with van der Waals surface area (Å²) in [5, 5.41) is 1.47. The predicted octanol–water partition coefficient (Wildman–Crippen LogP) is 9.51. The van der Waals surface area contributed by atoms with Gasteiger partial charge in [0.2, 0.25) is 0 Å². The van der Waals surface area contributed by atoms with Crippen molar-refractivity contribution in [2.24, 2.45) is 0 Å². The van der Waals surface area contributed by atoms with Crippen LogP contribution in [0.3, 0.4) is 0 Å². The number of anilines is 1. The number of methoxy groups -OCH3 is 2. The van der Waals surface area contributed by atoms with Crippen LogP contribution < -0.4 is 19.1 Å². The molecule has 0 radical (unpaired) electrons. The third-order valence-corrected chi connectivity index (χ3v) is 10.4. The maximum atomic E-state index is 14.3. The molecule has 0 amide bonds. The molecule has 1 aliphatic carbocycles. The Morgan fingerprint density at radius 1 is 0.780 bits per heavy atom. The first-order valence-electron chi connectivity index (χ1n) is 16.5. The molecule has 0 bridgehead atoms. The molecular weight excluding hydrogens is 646 g/mol. The number of morpholine rings is 1. The summed E-state index contributed by atoms with van der Waals surface area (Å²) in [6.07, 6.45) is -0.516. The first-order valence-corrected chi connectivity index (χ1v) is 16.5. The molecule has 1 atom stereocenters. The van der Waals surface area contributed by atoms with Crippen molar-refractivity contribution in [3.05, 3.63) is 124 Å². The normalized spacial score (nSPS) is 19.1. The fourth-order valence-corrected chi connectivity index (χ4v) is 7.90. The first kappa shape index (κ1) is 32.2. The second kappa shape index (κ2) is 11.5. The van der Waals surface area contributed by atoms with Crippen LogP contribution in [0.4, 0.5) is 23.2 Å². The number of rotatable bonds is 5. The topological polar surface area (TPSA) is 40.2 Å². The van der Waals surface area contributed by atoms with Crippen LogP contribution in [0.25, 0.3) is 28.0 Å². The lowest BCUT2D eigenvalue weighted by molar-refractivity contribution is -0.137. The molecule has 3 aliphatic rings. The van der Waals surface area contributed by atoms with E-state index in [9.17, 15) is 17.6 Å². The highest BCUT2D eigenvalue weighted by atomic mass is 19.4. The summed E-state index contributed by atoms with van der Waals surface area (Å²) in [6.45, 7) is 6.80. The average Bonchev–Trinajstić information content (AvgIpc) is 3.37. The summed E-state index contributed by atoms with van der Waals surface area (Å²) in [7, 11) is 3.11. The van der Waals surface area contributed by atoms with Gasteiger partial charge in [-0.25, -0.2) is 4.39 Å². The second-order valence-corrected chi connectivity index (χ2v) is 13.5. The Morgan fingerprint density at radius 3 is 2.02 bits per heavy atom. The highest BCUT2D eigenvalue weighted by molar-refractivity contribution is 6.09. The summed E-state index contributed by atoms with van der Waals surface area (Å²) in [5.41, 5.74) is 3.66. The van der Waals surface area contributed by atoms with Crippen LogP contribution in [0.5, 0.6) is 17.2 Å². The number of ether oxygens (including phenoxy) is 4. The van der Waals surface area contributed by atoms with Gasteiger partial charge in [0.15, 0.2) is 17.1 Å². The molecule has 0 N–H and O–H groups in total. The minimum Gasteiger partial charge on any atom is -0.493 e. The van der Waals surface area contributed by atoms with Crippen LogP contribution in [0.15, 0.2) is 84.9 Å². The molecule has 0 saturated carbocycles. The average molecular weight is 682 g/mol. The molecule has 1 unspecified atom stereocenters. The summed E-state index contributed by atoms with van der Waals surface area (Å²) < 4.78 is 80.7. The molecule has 0 aromatic heterocycles. The van der Waals surface area contributed by atoms with E-state index < -0.39 is 22.8 Å².